The molecule has 2 amide bonds. The molecule has 3 heterocycles. The van der Waals surface area contributed by atoms with Crippen LogP contribution in [-0.2, 0) is 11.3 Å². The van der Waals surface area contributed by atoms with Crippen molar-refractivity contribution in [1.82, 2.24) is 24.3 Å². The maximum atomic E-state index is 13.7. The molecule has 1 saturated carbocycles. The number of fused-ring (bicyclic) bond motifs is 1. The van der Waals surface area contributed by atoms with E-state index in [1.165, 1.54) is 4.57 Å². The van der Waals surface area contributed by atoms with E-state index in [9.17, 15) is 19.2 Å². The van der Waals surface area contributed by atoms with E-state index in [2.05, 4.69) is 10.3 Å². The first-order chi connectivity index (χ1) is 16.9. The Kier molecular flexibility index (Phi) is 6.23. The zero-order chi connectivity index (χ0) is 24.5. The van der Waals surface area contributed by atoms with Crippen LogP contribution in [0.15, 0.2) is 46.0 Å². The van der Waals surface area contributed by atoms with Crippen LogP contribution >= 0.6 is 0 Å². The molecule has 2 aliphatic rings. The molecule has 1 N–H and O–H groups in total. The molecule has 2 fully saturated rings. The van der Waals surface area contributed by atoms with E-state index >= 15 is 0 Å². The number of aryl methyl sites for hydroxylation is 1. The molecule has 0 unspecified atom stereocenters. The molecule has 3 aromatic rings. The average molecular weight is 476 g/mol. The molecular formula is C26H29N5O4. The van der Waals surface area contributed by atoms with Crippen LogP contribution in [0.4, 0.5) is 0 Å². The first kappa shape index (κ1) is 23.0. The number of aromatic nitrogens is 3. The number of amides is 2. The topological polar surface area (TPSA) is 106 Å². The minimum absolute atomic E-state index is 0.0598. The second-order valence-electron chi connectivity index (χ2n) is 9.40. The number of benzene rings is 1. The lowest BCUT2D eigenvalue weighted by Crippen LogP contribution is -2.45. The van der Waals surface area contributed by atoms with Crippen LogP contribution in [0.1, 0.15) is 54.6 Å². The van der Waals surface area contributed by atoms with Crippen LogP contribution in [0, 0.1) is 6.92 Å². The summed E-state index contributed by atoms with van der Waals surface area (Å²) in [5, 5.41) is 3.00. The van der Waals surface area contributed by atoms with E-state index in [4.69, 9.17) is 0 Å². The van der Waals surface area contributed by atoms with Crippen LogP contribution in [0.5, 0.6) is 0 Å². The third kappa shape index (κ3) is 4.38. The predicted molar refractivity (Wildman–Crippen MR) is 132 cm³/mol. The Morgan fingerprint density at radius 1 is 1.03 bits per heavy atom. The van der Waals surface area contributed by atoms with Gasteiger partial charge in [0.2, 0.25) is 5.91 Å². The third-order valence-corrected chi connectivity index (χ3v) is 6.88. The number of para-hydroxylation sites is 1. The summed E-state index contributed by atoms with van der Waals surface area (Å²) in [5.41, 5.74) is 0.0438. The van der Waals surface area contributed by atoms with Gasteiger partial charge in [0.1, 0.15) is 6.54 Å². The summed E-state index contributed by atoms with van der Waals surface area (Å²) < 4.78 is 2.25. The molecule has 9 heteroatoms. The number of pyridine rings is 1. The molecule has 1 saturated heterocycles. The fourth-order valence-corrected chi connectivity index (χ4v) is 5.16. The molecule has 1 aliphatic heterocycles. The number of rotatable bonds is 5. The molecule has 0 atom stereocenters. The van der Waals surface area contributed by atoms with Gasteiger partial charge in [0.05, 0.1) is 16.6 Å². The number of hydrogen-bond donors (Lipinski definition) is 1. The van der Waals surface area contributed by atoms with Gasteiger partial charge in [-0.2, -0.15) is 0 Å². The van der Waals surface area contributed by atoms with Gasteiger partial charge in [-0.15, -0.1) is 0 Å². The number of carbonyl (C=O) groups is 2. The fourth-order valence-electron chi connectivity index (χ4n) is 5.16. The van der Waals surface area contributed by atoms with Crippen LogP contribution in [0.2, 0.25) is 0 Å². The summed E-state index contributed by atoms with van der Waals surface area (Å²) in [6.45, 7) is 2.57. The molecule has 1 aromatic carbocycles. The largest absolute Gasteiger partial charge is 0.352 e. The SMILES string of the molecule is Cc1cc(C(=O)N2CCCC2)c2c(=O)n(CC(=O)NC3CCCC3)c(=O)n(-c3ccccc3)c2n1. The number of nitrogens with zero attached hydrogens (tertiary/aromatic N) is 4. The van der Waals surface area contributed by atoms with Crippen LogP contribution in [0.25, 0.3) is 16.7 Å². The minimum Gasteiger partial charge on any atom is -0.352 e. The van der Waals surface area contributed by atoms with Gasteiger partial charge in [-0.25, -0.2) is 18.9 Å². The van der Waals surface area contributed by atoms with Gasteiger partial charge in [0.25, 0.3) is 11.5 Å². The number of likely N-dealkylation sites (tertiary alicyclic amines) is 1. The standard InChI is InChI=1S/C26H29N5O4/c1-17-15-20(24(33)29-13-7-8-14-29)22-23(27-17)31(19-11-3-2-4-12-19)26(35)30(25(22)34)16-21(32)28-18-9-5-6-10-18/h2-4,11-12,15,18H,5-10,13-14,16H2,1H3,(H,28,32). The van der Waals surface area contributed by atoms with Crippen molar-refractivity contribution in [2.75, 3.05) is 13.1 Å². The van der Waals surface area contributed by atoms with Gasteiger partial charge < -0.3 is 10.2 Å². The highest BCUT2D eigenvalue weighted by Gasteiger charge is 2.27. The molecular weight excluding hydrogens is 446 g/mol. The summed E-state index contributed by atoms with van der Waals surface area (Å²) in [4.78, 5) is 59.9. The highest BCUT2D eigenvalue weighted by Crippen LogP contribution is 2.21. The van der Waals surface area contributed by atoms with E-state index in [-0.39, 0.29) is 34.5 Å². The van der Waals surface area contributed by atoms with Gasteiger partial charge in [-0.05, 0) is 50.8 Å². The monoisotopic (exact) mass is 475 g/mol. The van der Waals surface area contributed by atoms with Crippen molar-refractivity contribution < 1.29 is 9.59 Å². The van der Waals surface area contributed by atoms with Gasteiger partial charge in [0, 0.05) is 24.8 Å². The first-order valence-electron chi connectivity index (χ1n) is 12.3. The smallest absolute Gasteiger partial charge is 0.337 e. The normalized spacial score (nSPS) is 16.2. The molecule has 1 aliphatic carbocycles. The lowest BCUT2D eigenvalue weighted by Gasteiger charge is -2.19. The predicted octanol–water partition coefficient (Wildman–Crippen LogP) is 2.15. The molecule has 35 heavy (non-hydrogen) atoms. The molecule has 182 valence electrons. The summed E-state index contributed by atoms with van der Waals surface area (Å²) in [7, 11) is 0. The van der Waals surface area contributed by atoms with Crippen molar-refractivity contribution >= 4 is 22.8 Å². The zero-order valence-electron chi connectivity index (χ0n) is 19.8. The molecule has 2 aromatic heterocycles. The van der Waals surface area contributed by atoms with Crippen molar-refractivity contribution in [2.45, 2.75) is 58.0 Å². The van der Waals surface area contributed by atoms with E-state index in [1.807, 2.05) is 6.07 Å². The average Bonchev–Trinajstić information content (AvgIpc) is 3.56. The minimum atomic E-state index is -0.672. The molecule has 0 radical (unpaired) electrons. The molecule has 0 spiro atoms. The summed E-state index contributed by atoms with van der Waals surface area (Å²) >= 11 is 0. The number of carbonyl (C=O) groups excluding carboxylic acids is 2. The van der Waals surface area contributed by atoms with Gasteiger partial charge in [-0.3, -0.25) is 14.4 Å². The first-order valence-corrected chi connectivity index (χ1v) is 12.3. The van der Waals surface area contributed by atoms with Gasteiger partial charge in [0.15, 0.2) is 5.65 Å². The number of nitrogens with one attached hydrogen (secondary N) is 1. The summed E-state index contributed by atoms with van der Waals surface area (Å²) in [5.74, 6) is -0.641. The fraction of sp³-hybridized carbons (Fsp3) is 0.423. The maximum Gasteiger partial charge on any atom is 0.337 e. The molecule has 5 rings (SSSR count). The Morgan fingerprint density at radius 3 is 2.40 bits per heavy atom. The second kappa shape index (κ2) is 9.48. The Hall–Kier alpha value is -3.75. The van der Waals surface area contributed by atoms with Crippen molar-refractivity contribution in [3.05, 3.63) is 68.5 Å². The highest BCUT2D eigenvalue weighted by molar-refractivity contribution is 6.05. The Morgan fingerprint density at radius 2 is 1.71 bits per heavy atom. The Labute approximate surface area is 202 Å². The second-order valence-corrected chi connectivity index (χ2v) is 9.40. The summed E-state index contributed by atoms with van der Waals surface area (Å²) in [6.07, 6.45) is 5.71. The van der Waals surface area contributed by atoms with Gasteiger partial charge in [-0.1, -0.05) is 31.0 Å². The Bertz CT molecular complexity index is 1400. The van der Waals surface area contributed by atoms with Crippen LogP contribution in [0.3, 0.4) is 0 Å². The van der Waals surface area contributed by atoms with E-state index in [0.29, 0.717) is 24.5 Å². The van der Waals surface area contributed by atoms with E-state index in [1.54, 1.807) is 42.2 Å². The maximum absolute atomic E-state index is 13.7. The van der Waals surface area contributed by atoms with Crippen molar-refractivity contribution in [2.24, 2.45) is 0 Å². The lowest BCUT2D eigenvalue weighted by molar-refractivity contribution is -0.122. The van der Waals surface area contributed by atoms with E-state index < -0.39 is 17.8 Å². The van der Waals surface area contributed by atoms with Crippen molar-refractivity contribution in [3.8, 4) is 5.69 Å². The number of hydrogen-bond acceptors (Lipinski definition) is 5. The zero-order valence-corrected chi connectivity index (χ0v) is 19.8. The lowest BCUT2D eigenvalue weighted by atomic mass is 10.1. The summed E-state index contributed by atoms with van der Waals surface area (Å²) in [6, 6.07) is 10.5. The quantitative estimate of drug-likeness (QED) is 0.609. The molecule has 0 bridgehead atoms. The molecule has 9 nitrogen and oxygen atoms in total. The Balaban J connectivity index is 1.72. The van der Waals surface area contributed by atoms with Crippen molar-refractivity contribution in [1.29, 1.82) is 0 Å². The van der Waals surface area contributed by atoms with Crippen LogP contribution in [-0.4, -0.2) is 50.0 Å². The third-order valence-electron chi connectivity index (χ3n) is 6.88. The van der Waals surface area contributed by atoms with Crippen LogP contribution < -0.4 is 16.6 Å². The highest BCUT2D eigenvalue weighted by atomic mass is 16.2. The van der Waals surface area contributed by atoms with Gasteiger partial charge >= 0.3 is 5.69 Å². The van der Waals surface area contributed by atoms with Crippen molar-refractivity contribution in [3.63, 3.8) is 0 Å². The van der Waals surface area contributed by atoms with E-state index in [0.717, 1.165) is 43.1 Å².